The van der Waals surface area contributed by atoms with Gasteiger partial charge in [0.1, 0.15) is 29.3 Å². The number of aromatic nitrogens is 2. The van der Waals surface area contributed by atoms with Gasteiger partial charge in [-0.15, -0.1) is 0 Å². The minimum Gasteiger partial charge on any atom is -0.465 e. The number of carbonyl (C=O) groups excluding carboxylic acids is 1. The van der Waals surface area contributed by atoms with Crippen LogP contribution in [0.2, 0.25) is 0 Å². The molecule has 7 heteroatoms. The van der Waals surface area contributed by atoms with Crippen LogP contribution < -0.4 is 5.32 Å². The third-order valence-corrected chi connectivity index (χ3v) is 2.30. The Kier molecular flexibility index (Phi) is 3.65. The lowest BCUT2D eigenvalue weighted by atomic mass is 10.2. The maximum atomic E-state index is 13.5. The average Bonchev–Trinajstić information content (AvgIpc) is 2.42. The number of ether oxygens (including phenoxy) is 1. The van der Waals surface area contributed by atoms with Gasteiger partial charge in [0, 0.05) is 12.3 Å². The van der Waals surface area contributed by atoms with Gasteiger partial charge in [0.25, 0.3) is 0 Å². The van der Waals surface area contributed by atoms with Crippen molar-refractivity contribution in [3.8, 4) is 0 Å². The maximum Gasteiger partial charge on any atom is 0.343 e. The molecule has 0 saturated heterocycles. The fourth-order valence-corrected chi connectivity index (χ4v) is 1.41. The zero-order valence-electron chi connectivity index (χ0n) is 9.85. The van der Waals surface area contributed by atoms with Crippen molar-refractivity contribution in [1.82, 2.24) is 9.97 Å². The number of esters is 1. The first-order chi connectivity index (χ1) is 9.11. The highest BCUT2D eigenvalue weighted by atomic mass is 19.1. The van der Waals surface area contributed by atoms with E-state index in [0.717, 1.165) is 18.2 Å². The molecule has 0 aliphatic carbocycles. The van der Waals surface area contributed by atoms with Crippen LogP contribution in [0.5, 0.6) is 0 Å². The Morgan fingerprint density at radius 2 is 2.16 bits per heavy atom. The summed E-state index contributed by atoms with van der Waals surface area (Å²) < 4.78 is 31.1. The molecule has 0 aliphatic rings. The van der Waals surface area contributed by atoms with Gasteiger partial charge < -0.3 is 10.1 Å². The van der Waals surface area contributed by atoms with E-state index < -0.39 is 17.6 Å². The Hall–Kier alpha value is -2.57. The summed E-state index contributed by atoms with van der Waals surface area (Å²) in [4.78, 5) is 18.9. The summed E-state index contributed by atoms with van der Waals surface area (Å²) in [6.07, 6.45) is 2.39. The Labute approximate surface area is 107 Å². The SMILES string of the molecule is COC(=O)c1cncnc1Nc1cc(F)ccc1F. The van der Waals surface area contributed by atoms with Gasteiger partial charge in [-0.05, 0) is 12.1 Å². The lowest BCUT2D eigenvalue weighted by molar-refractivity contribution is 0.0601. The monoisotopic (exact) mass is 265 g/mol. The van der Waals surface area contributed by atoms with E-state index in [-0.39, 0.29) is 17.1 Å². The van der Waals surface area contributed by atoms with Gasteiger partial charge in [0.15, 0.2) is 0 Å². The fourth-order valence-electron chi connectivity index (χ4n) is 1.41. The summed E-state index contributed by atoms with van der Waals surface area (Å²) >= 11 is 0. The first-order valence-corrected chi connectivity index (χ1v) is 5.22. The van der Waals surface area contributed by atoms with Gasteiger partial charge in [-0.3, -0.25) is 0 Å². The zero-order chi connectivity index (χ0) is 13.8. The van der Waals surface area contributed by atoms with Gasteiger partial charge >= 0.3 is 5.97 Å². The van der Waals surface area contributed by atoms with E-state index in [2.05, 4.69) is 20.0 Å². The lowest BCUT2D eigenvalue weighted by Gasteiger charge is -2.09. The number of halogens is 2. The topological polar surface area (TPSA) is 64.1 Å². The first-order valence-electron chi connectivity index (χ1n) is 5.22. The molecule has 1 N–H and O–H groups in total. The number of anilines is 2. The van der Waals surface area contributed by atoms with Crippen molar-refractivity contribution in [3.05, 3.63) is 47.9 Å². The van der Waals surface area contributed by atoms with Gasteiger partial charge in [0.05, 0.1) is 12.8 Å². The van der Waals surface area contributed by atoms with E-state index in [4.69, 9.17) is 0 Å². The molecule has 5 nitrogen and oxygen atoms in total. The second kappa shape index (κ2) is 5.38. The predicted molar refractivity (Wildman–Crippen MR) is 63.0 cm³/mol. The number of carbonyl (C=O) groups is 1. The Morgan fingerprint density at radius 3 is 2.89 bits per heavy atom. The molecule has 1 aromatic heterocycles. The summed E-state index contributed by atoms with van der Waals surface area (Å²) in [6, 6.07) is 2.91. The van der Waals surface area contributed by atoms with Crippen LogP contribution in [-0.2, 0) is 4.74 Å². The van der Waals surface area contributed by atoms with E-state index in [1.165, 1.54) is 19.6 Å². The molecular weight excluding hydrogens is 256 g/mol. The normalized spacial score (nSPS) is 10.1. The Balaban J connectivity index is 2.38. The van der Waals surface area contributed by atoms with Crippen molar-refractivity contribution in [2.45, 2.75) is 0 Å². The van der Waals surface area contributed by atoms with Crippen molar-refractivity contribution in [3.63, 3.8) is 0 Å². The van der Waals surface area contributed by atoms with Crippen LogP contribution >= 0.6 is 0 Å². The van der Waals surface area contributed by atoms with E-state index in [1.807, 2.05) is 0 Å². The van der Waals surface area contributed by atoms with Crippen LogP contribution in [0.25, 0.3) is 0 Å². The van der Waals surface area contributed by atoms with Crippen LogP contribution in [-0.4, -0.2) is 23.0 Å². The zero-order valence-corrected chi connectivity index (χ0v) is 9.85. The number of rotatable bonds is 3. The van der Waals surface area contributed by atoms with E-state index in [1.54, 1.807) is 0 Å². The largest absolute Gasteiger partial charge is 0.465 e. The number of hydrogen-bond donors (Lipinski definition) is 1. The molecule has 0 fully saturated rings. The molecule has 2 aromatic rings. The van der Waals surface area contributed by atoms with Gasteiger partial charge in [-0.2, -0.15) is 0 Å². The predicted octanol–water partition coefficient (Wildman–Crippen LogP) is 2.29. The third kappa shape index (κ3) is 2.82. The maximum absolute atomic E-state index is 13.5. The molecule has 0 bridgehead atoms. The molecule has 19 heavy (non-hydrogen) atoms. The molecule has 0 saturated carbocycles. The molecule has 0 atom stereocenters. The van der Waals surface area contributed by atoms with E-state index >= 15 is 0 Å². The number of hydrogen-bond acceptors (Lipinski definition) is 5. The molecule has 0 unspecified atom stereocenters. The summed E-state index contributed by atoms with van der Waals surface area (Å²) in [5.41, 5.74) is -0.113. The Bertz CT molecular complexity index is 620. The molecule has 1 aromatic carbocycles. The highest BCUT2D eigenvalue weighted by Crippen LogP contribution is 2.22. The highest BCUT2D eigenvalue weighted by Gasteiger charge is 2.15. The number of benzene rings is 1. The molecule has 1 heterocycles. The minimum atomic E-state index is -0.681. The van der Waals surface area contributed by atoms with Crippen LogP contribution in [0.1, 0.15) is 10.4 Å². The lowest BCUT2D eigenvalue weighted by Crippen LogP contribution is -2.08. The summed E-state index contributed by atoms with van der Waals surface area (Å²) in [7, 11) is 1.20. The van der Waals surface area contributed by atoms with Crippen molar-refractivity contribution in [2.75, 3.05) is 12.4 Å². The smallest absolute Gasteiger partial charge is 0.343 e. The van der Waals surface area contributed by atoms with Crippen molar-refractivity contribution in [1.29, 1.82) is 0 Å². The molecular formula is C12H9F2N3O2. The molecule has 0 radical (unpaired) electrons. The van der Waals surface area contributed by atoms with Gasteiger partial charge in [0.2, 0.25) is 0 Å². The van der Waals surface area contributed by atoms with Crippen molar-refractivity contribution < 1.29 is 18.3 Å². The summed E-state index contributed by atoms with van der Waals surface area (Å²) in [5.74, 6) is -1.93. The summed E-state index contributed by atoms with van der Waals surface area (Å²) in [6.45, 7) is 0. The quantitative estimate of drug-likeness (QED) is 0.862. The third-order valence-electron chi connectivity index (χ3n) is 2.30. The number of methoxy groups -OCH3 is 1. The van der Waals surface area contributed by atoms with Crippen molar-refractivity contribution in [2.24, 2.45) is 0 Å². The van der Waals surface area contributed by atoms with Crippen LogP contribution in [0.15, 0.2) is 30.7 Å². The minimum absolute atomic E-state index is 0.0219. The fraction of sp³-hybridized carbons (Fsp3) is 0.0833. The average molecular weight is 265 g/mol. The molecule has 98 valence electrons. The molecule has 0 spiro atoms. The molecule has 0 amide bonds. The van der Waals surface area contributed by atoms with Crippen LogP contribution in [0, 0.1) is 11.6 Å². The molecule has 0 aliphatic heterocycles. The summed E-state index contributed by atoms with van der Waals surface area (Å²) in [5, 5.41) is 2.53. The van der Waals surface area contributed by atoms with Crippen molar-refractivity contribution >= 4 is 17.5 Å². The first kappa shape index (κ1) is 12.9. The Morgan fingerprint density at radius 1 is 1.37 bits per heavy atom. The van der Waals surface area contributed by atoms with E-state index in [9.17, 15) is 13.6 Å². The van der Waals surface area contributed by atoms with Crippen LogP contribution in [0.4, 0.5) is 20.3 Å². The number of nitrogens with one attached hydrogen (secondary N) is 1. The second-order valence-corrected chi connectivity index (χ2v) is 3.53. The van der Waals surface area contributed by atoms with Crippen LogP contribution in [0.3, 0.4) is 0 Å². The van der Waals surface area contributed by atoms with Gasteiger partial charge in [-0.25, -0.2) is 23.5 Å². The van der Waals surface area contributed by atoms with Gasteiger partial charge in [-0.1, -0.05) is 0 Å². The number of nitrogens with zero attached hydrogens (tertiary/aromatic N) is 2. The highest BCUT2D eigenvalue weighted by molar-refractivity contribution is 5.94. The molecule has 2 rings (SSSR count). The second-order valence-electron chi connectivity index (χ2n) is 3.53. The standard InChI is InChI=1S/C12H9F2N3O2/c1-19-12(18)8-5-15-6-16-11(8)17-10-4-7(13)2-3-9(10)14/h2-6H,1H3,(H,15,16,17). The van der Waals surface area contributed by atoms with E-state index in [0.29, 0.717) is 0 Å².